The van der Waals surface area contributed by atoms with Gasteiger partial charge in [-0.3, -0.25) is 4.79 Å². The van der Waals surface area contributed by atoms with E-state index in [0.29, 0.717) is 13.2 Å². The van der Waals surface area contributed by atoms with E-state index < -0.39 is 0 Å². The number of para-hydroxylation sites is 1. The fourth-order valence-corrected chi connectivity index (χ4v) is 2.54. The molecule has 1 aromatic carbocycles. The van der Waals surface area contributed by atoms with Crippen LogP contribution in [0.25, 0.3) is 0 Å². The van der Waals surface area contributed by atoms with Crippen molar-refractivity contribution in [2.45, 2.75) is 26.3 Å². The van der Waals surface area contributed by atoms with Gasteiger partial charge in [0.2, 0.25) is 0 Å². The van der Waals surface area contributed by atoms with E-state index in [-0.39, 0.29) is 11.9 Å². The zero-order valence-corrected chi connectivity index (χ0v) is 13.1. The van der Waals surface area contributed by atoms with E-state index in [2.05, 4.69) is 24.5 Å². The largest absolute Gasteiger partial charge is 0.383 e. The second kappa shape index (κ2) is 7.31. The van der Waals surface area contributed by atoms with Gasteiger partial charge >= 0.3 is 0 Å². The third-order valence-electron chi connectivity index (χ3n) is 3.96. The average molecular weight is 291 g/mol. The topological polar surface area (TPSA) is 53.6 Å². The average Bonchev–Trinajstić information content (AvgIpc) is 2.54. The molecule has 0 radical (unpaired) electrons. The Bertz CT molecular complexity index is 490. The zero-order chi connectivity index (χ0) is 15.2. The minimum absolute atomic E-state index is 0.0643. The number of carbonyl (C=O) groups excluding carboxylic acids is 1. The van der Waals surface area contributed by atoms with Gasteiger partial charge < -0.3 is 20.3 Å². The quantitative estimate of drug-likeness (QED) is 0.845. The van der Waals surface area contributed by atoms with Crippen molar-refractivity contribution in [3.05, 3.63) is 23.8 Å². The predicted octanol–water partition coefficient (Wildman–Crippen LogP) is 2.41. The van der Waals surface area contributed by atoms with Crippen LogP contribution >= 0.6 is 0 Å². The van der Waals surface area contributed by atoms with Crippen molar-refractivity contribution in [1.82, 2.24) is 4.90 Å². The first kappa shape index (κ1) is 15.6. The Labute approximate surface area is 126 Å². The number of benzene rings is 1. The van der Waals surface area contributed by atoms with Gasteiger partial charge in [-0.1, -0.05) is 13.0 Å². The summed E-state index contributed by atoms with van der Waals surface area (Å²) in [5, 5.41) is 6.66. The van der Waals surface area contributed by atoms with Gasteiger partial charge in [0.25, 0.3) is 5.91 Å². The minimum Gasteiger partial charge on any atom is -0.383 e. The van der Waals surface area contributed by atoms with Gasteiger partial charge in [0.1, 0.15) is 0 Å². The Hall–Kier alpha value is -1.75. The molecule has 0 saturated heterocycles. The molecular formula is C16H25N3O2. The summed E-state index contributed by atoms with van der Waals surface area (Å²) in [5.74, 6) is 0.0643. The molecule has 2 N–H and O–H groups in total. The van der Waals surface area contributed by atoms with Crippen LogP contribution in [0.1, 0.15) is 30.6 Å². The van der Waals surface area contributed by atoms with Crippen molar-refractivity contribution in [2.24, 2.45) is 0 Å². The Morgan fingerprint density at radius 2 is 2.14 bits per heavy atom. The van der Waals surface area contributed by atoms with Crippen LogP contribution in [0.15, 0.2) is 18.2 Å². The smallest absolute Gasteiger partial charge is 0.256 e. The summed E-state index contributed by atoms with van der Waals surface area (Å²) < 4.78 is 5.14. The number of carbonyl (C=O) groups is 1. The number of anilines is 2. The lowest BCUT2D eigenvalue weighted by molar-refractivity contribution is 0.0615. The highest BCUT2D eigenvalue weighted by Gasteiger charge is 2.24. The number of hydrogen-bond acceptors (Lipinski definition) is 4. The van der Waals surface area contributed by atoms with E-state index in [9.17, 15) is 4.79 Å². The van der Waals surface area contributed by atoms with Crippen LogP contribution in [0, 0.1) is 0 Å². The number of rotatable bonds is 6. The molecule has 0 aliphatic carbocycles. The molecule has 0 fully saturated rings. The van der Waals surface area contributed by atoms with Crippen molar-refractivity contribution in [2.75, 3.05) is 44.0 Å². The summed E-state index contributed by atoms with van der Waals surface area (Å²) in [5.41, 5.74) is 2.65. The molecule has 0 saturated carbocycles. The van der Waals surface area contributed by atoms with Crippen molar-refractivity contribution in [3.8, 4) is 0 Å². The van der Waals surface area contributed by atoms with Gasteiger partial charge in [0, 0.05) is 32.8 Å². The maximum Gasteiger partial charge on any atom is 0.256 e. The van der Waals surface area contributed by atoms with Gasteiger partial charge in [-0.25, -0.2) is 0 Å². The molecule has 2 rings (SSSR count). The third-order valence-corrected chi connectivity index (χ3v) is 3.96. The van der Waals surface area contributed by atoms with Crippen molar-refractivity contribution >= 4 is 17.3 Å². The van der Waals surface area contributed by atoms with Crippen molar-refractivity contribution < 1.29 is 9.53 Å². The van der Waals surface area contributed by atoms with Gasteiger partial charge in [-0.05, 0) is 25.5 Å². The molecule has 116 valence electrons. The normalized spacial score (nSPS) is 14.6. The first-order valence-corrected chi connectivity index (χ1v) is 7.59. The summed E-state index contributed by atoms with van der Waals surface area (Å²) in [7, 11) is 1.66. The highest BCUT2D eigenvalue weighted by atomic mass is 16.5. The van der Waals surface area contributed by atoms with Gasteiger partial charge in [-0.2, -0.15) is 0 Å². The number of methoxy groups -OCH3 is 1. The second-order valence-electron chi connectivity index (χ2n) is 5.33. The van der Waals surface area contributed by atoms with E-state index in [1.54, 1.807) is 7.11 Å². The molecule has 1 aliphatic rings. The fraction of sp³-hybridized carbons (Fsp3) is 0.562. The molecular weight excluding hydrogens is 266 g/mol. The van der Waals surface area contributed by atoms with Crippen LogP contribution in [-0.4, -0.2) is 50.2 Å². The summed E-state index contributed by atoms with van der Waals surface area (Å²) in [4.78, 5) is 14.8. The summed E-state index contributed by atoms with van der Waals surface area (Å²) in [6, 6.07) is 6.02. The van der Waals surface area contributed by atoms with Crippen LogP contribution in [0.3, 0.4) is 0 Å². The summed E-state index contributed by atoms with van der Waals surface area (Å²) in [6.45, 7) is 7.05. The van der Waals surface area contributed by atoms with Gasteiger partial charge in [-0.15, -0.1) is 0 Å². The number of hydrogen-bond donors (Lipinski definition) is 2. The number of ether oxygens (including phenoxy) is 1. The Balaban J connectivity index is 2.28. The number of nitrogens with zero attached hydrogens (tertiary/aromatic N) is 1. The highest BCUT2D eigenvalue weighted by Crippen LogP contribution is 2.29. The Kier molecular flexibility index (Phi) is 5.44. The lowest BCUT2D eigenvalue weighted by Crippen LogP contribution is -2.41. The highest BCUT2D eigenvalue weighted by molar-refractivity contribution is 6.03. The fourth-order valence-electron chi connectivity index (χ4n) is 2.54. The van der Waals surface area contributed by atoms with E-state index in [4.69, 9.17) is 4.74 Å². The molecule has 1 atom stereocenters. The van der Waals surface area contributed by atoms with E-state index in [0.717, 1.165) is 36.4 Å². The molecule has 0 bridgehead atoms. The molecule has 21 heavy (non-hydrogen) atoms. The lowest BCUT2D eigenvalue weighted by Gasteiger charge is -2.30. The molecule has 1 aliphatic heterocycles. The maximum absolute atomic E-state index is 12.9. The molecule has 1 heterocycles. The van der Waals surface area contributed by atoms with E-state index >= 15 is 0 Å². The lowest BCUT2D eigenvalue weighted by atomic mass is 10.1. The molecule has 5 heteroatoms. The van der Waals surface area contributed by atoms with Crippen LogP contribution < -0.4 is 10.6 Å². The minimum atomic E-state index is 0.0643. The zero-order valence-electron chi connectivity index (χ0n) is 13.1. The van der Waals surface area contributed by atoms with E-state index in [1.165, 1.54) is 0 Å². The third kappa shape index (κ3) is 3.47. The number of fused-ring (bicyclic) bond motifs is 1. The first-order valence-electron chi connectivity index (χ1n) is 7.59. The Morgan fingerprint density at radius 1 is 1.38 bits per heavy atom. The summed E-state index contributed by atoms with van der Waals surface area (Å²) >= 11 is 0. The van der Waals surface area contributed by atoms with Crippen LogP contribution in [0.5, 0.6) is 0 Å². The molecule has 0 spiro atoms. The van der Waals surface area contributed by atoms with Crippen LogP contribution in [-0.2, 0) is 4.74 Å². The molecule has 1 aromatic rings. The number of amides is 1. The molecule has 1 amide bonds. The van der Waals surface area contributed by atoms with Gasteiger partial charge in [0.05, 0.1) is 23.5 Å². The first-order chi connectivity index (χ1) is 10.2. The van der Waals surface area contributed by atoms with Crippen LogP contribution in [0.4, 0.5) is 11.4 Å². The predicted molar refractivity (Wildman–Crippen MR) is 86.1 cm³/mol. The van der Waals surface area contributed by atoms with E-state index in [1.807, 2.05) is 23.1 Å². The molecule has 5 nitrogen and oxygen atoms in total. The second-order valence-corrected chi connectivity index (χ2v) is 5.33. The monoisotopic (exact) mass is 291 g/mol. The van der Waals surface area contributed by atoms with Crippen LogP contribution in [0.2, 0.25) is 0 Å². The Morgan fingerprint density at radius 3 is 2.86 bits per heavy atom. The number of nitrogens with one attached hydrogen (secondary N) is 2. The van der Waals surface area contributed by atoms with Crippen molar-refractivity contribution in [3.63, 3.8) is 0 Å². The maximum atomic E-state index is 12.9. The molecule has 1 unspecified atom stereocenters. The van der Waals surface area contributed by atoms with Crippen molar-refractivity contribution in [1.29, 1.82) is 0 Å². The standard InChI is InChI=1S/C16H25N3O2/c1-4-12(2)19(10-11-21-3)16(20)13-6-5-7-14-15(13)18-9-8-17-14/h5-7,12,17-18H,4,8-11H2,1-3H3. The van der Waals surface area contributed by atoms with Gasteiger partial charge in [0.15, 0.2) is 0 Å². The molecule has 0 aromatic heterocycles. The SMILES string of the molecule is CCC(C)N(CCOC)C(=O)c1cccc2c1NCCN2. The summed E-state index contributed by atoms with van der Waals surface area (Å²) in [6.07, 6.45) is 0.927.